The number of nitrogens with two attached hydrogens (primary N) is 1. The van der Waals surface area contributed by atoms with Crippen LogP contribution in [0.25, 0.3) is 0 Å². The van der Waals surface area contributed by atoms with Crippen molar-refractivity contribution in [2.45, 2.75) is 39.8 Å². The Morgan fingerprint density at radius 3 is 2.72 bits per heavy atom. The average Bonchev–Trinajstić information content (AvgIpc) is 2.76. The average molecular weight is 244 g/mol. The van der Waals surface area contributed by atoms with Crippen molar-refractivity contribution in [3.8, 4) is 0 Å². The summed E-state index contributed by atoms with van der Waals surface area (Å²) in [6, 6.07) is 4.07. The Bertz CT molecular complexity index is 530. The Morgan fingerprint density at radius 1 is 1.33 bits per heavy atom. The summed E-state index contributed by atoms with van der Waals surface area (Å²) in [5.41, 5.74) is 10.6. The van der Waals surface area contributed by atoms with Gasteiger partial charge in [-0.25, -0.2) is 0 Å². The first-order valence-corrected chi connectivity index (χ1v) is 6.31. The molecule has 4 nitrogen and oxygen atoms in total. The molecule has 0 aliphatic rings. The minimum atomic E-state index is -0.0207. The molecule has 0 saturated heterocycles. The lowest BCUT2D eigenvalue weighted by atomic mass is 10.0. The standard InChI is InChI=1S/C14H20N4/c1-4-18-9-12(8-16-18)7-14(15)13-6-5-10(2)17-11(13)3/h5-6,8-9,14H,4,7,15H2,1-3H3. The SMILES string of the molecule is CCn1cc(CC(N)c2ccc(C)nc2C)cn1. The van der Waals surface area contributed by atoms with E-state index in [0.29, 0.717) is 0 Å². The predicted molar refractivity (Wildman–Crippen MR) is 72.2 cm³/mol. The number of nitrogens with zero attached hydrogens (tertiary/aromatic N) is 3. The normalized spacial score (nSPS) is 12.7. The Balaban J connectivity index is 2.13. The van der Waals surface area contributed by atoms with Crippen molar-refractivity contribution in [2.75, 3.05) is 0 Å². The molecule has 2 heterocycles. The molecule has 0 bridgehead atoms. The van der Waals surface area contributed by atoms with Crippen molar-refractivity contribution in [2.24, 2.45) is 5.73 Å². The van der Waals surface area contributed by atoms with E-state index in [9.17, 15) is 0 Å². The third-order valence-corrected chi connectivity index (χ3v) is 3.13. The van der Waals surface area contributed by atoms with Gasteiger partial charge in [-0.3, -0.25) is 9.67 Å². The van der Waals surface area contributed by atoms with E-state index in [1.54, 1.807) is 0 Å². The van der Waals surface area contributed by atoms with Gasteiger partial charge in [0.25, 0.3) is 0 Å². The minimum absolute atomic E-state index is 0.0207. The Labute approximate surface area is 108 Å². The third-order valence-electron chi connectivity index (χ3n) is 3.13. The fourth-order valence-corrected chi connectivity index (χ4v) is 2.14. The molecule has 2 aromatic rings. The van der Waals surface area contributed by atoms with Crippen LogP contribution in [-0.4, -0.2) is 14.8 Å². The molecule has 2 aromatic heterocycles. The summed E-state index contributed by atoms with van der Waals surface area (Å²) >= 11 is 0. The summed E-state index contributed by atoms with van der Waals surface area (Å²) in [6.45, 7) is 6.97. The molecule has 0 saturated carbocycles. The van der Waals surface area contributed by atoms with Crippen molar-refractivity contribution >= 4 is 0 Å². The molecule has 96 valence electrons. The van der Waals surface area contributed by atoms with Crippen LogP contribution >= 0.6 is 0 Å². The van der Waals surface area contributed by atoms with Gasteiger partial charge in [0, 0.05) is 30.2 Å². The lowest BCUT2D eigenvalue weighted by molar-refractivity contribution is 0.657. The van der Waals surface area contributed by atoms with E-state index in [0.717, 1.165) is 29.9 Å². The van der Waals surface area contributed by atoms with Crippen LogP contribution < -0.4 is 5.73 Å². The minimum Gasteiger partial charge on any atom is -0.324 e. The molecular weight excluding hydrogens is 224 g/mol. The van der Waals surface area contributed by atoms with Crippen molar-refractivity contribution in [3.63, 3.8) is 0 Å². The van der Waals surface area contributed by atoms with E-state index in [1.807, 2.05) is 30.8 Å². The second-order valence-corrected chi connectivity index (χ2v) is 4.64. The van der Waals surface area contributed by atoms with E-state index in [1.165, 1.54) is 5.56 Å². The largest absolute Gasteiger partial charge is 0.324 e. The van der Waals surface area contributed by atoms with Crippen LogP contribution in [0.15, 0.2) is 24.5 Å². The summed E-state index contributed by atoms with van der Waals surface area (Å²) in [5.74, 6) is 0. The quantitative estimate of drug-likeness (QED) is 0.896. The van der Waals surface area contributed by atoms with Gasteiger partial charge < -0.3 is 5.73 Å². The first-order chi connectivity index (χ1) is 8.60. The van der Waals surface area contributed by atoms with Gasteiger partial charge in [0.2, 0.25) is 0 Å². The first-order valence-electron chi connectivity index (χ1n) is 6.31. The zero-order valence-electron chi connectivity index (χ0n) is 11.2. The van der Waals surface area contributed by atoms with Gasteiger partial charge in [-0.15, -0.1) is 0 Å². The summed E-state index contributed by atoms with van der Waals surface area (Å²) in [6.07, 6.45) is 4.74. The molecule has 0 radical (unpaired) electrons. The van der Waals surface area contributed by atoms with Crippen LogP contribution in [0.2, 0.25) is 0 Å². The second-order valence-electron chi connectivity index (χ2n) is 4.64. The molecule has 2 N–H and O–H groups in total. The molecule has 0 fully saturated rings. The lowest BCUT2D eigenvalue weighted by Crippen LogP contribution is -2.15. The summed E-state index contributed by atoms with van der Waals surface area (Å²) in [4.78, 5) is 4.46. The highest BCUT2D eigenvalue weighted by molar-refractivity contribution is 5.26. The fourth-order valence-electron chi connectivity index (χ4n) is 2.14. The van der Waals surface area contributed by atoms with Crippen LogP contribution in [0.4, 0.5) is 0 Å². The van der Waals surface area contributed by atoms with E-state index in [4.69, 9.17) is 5.73 Å². The third kappa shape index (κ3) is 2.76. The van der Waals surface area contributed by atoms with Gasteiger partial charge in [-0.05, 0) is 44.4 Å². The van der Waals surface area contributed by atoms with Crippen molar-refractivity contribution < 1.29 is 0 Å². The maximum absolute atomic E-state index is 6.25. The molecule has 2 rings (SSSR count). The number of pyridine rings is 1. The zero-order valence-corrected chi connectivity index (χ0v) is 11.2. The summed E-state index contributed by atoms with van der Waals surface area (Å²) < 4.78 is 1.92. The predicted octanol–water partition coefficient (Wildman–Crippen LogP) is 2.16. The van der Waals surface area contributed by atoms with Gasteiger partial charge in [0.1, 0.15) is 0 Å². The lowest BCUT2D eigenvalue weighted by Gasteiger charge is -2.13. The molecule has 0 amide bonds. The van der Waals surface area contributed by atoms with Crippen molar-refractivity contribution in [3.05, 3.63) is 47.0 Å². The van der Waals surface area contributed by atoms with E-state index in [-0.39, 0.29) is 6.04 Å². The Kier molecular flexibility index (Phi) is 3.77. The molecular formula is C14H20N4. The Morgan fingerprint density at radius 2 is 2.11 bits per heavy atom. The van der Waals surface area contributed by atoms with E-state index in [2.05, 4.69) is 29.3 Å². The van der Waals surface area contributed by atoms with Gasteiger partial charge in [-0.1, -0.05) is 6.07 Å². The monoisotopic (exact) mass is 244 g/mol. The maximum Gasteiger partial charge on any atom is 0.0522 e. The van der Waals surface area contributed by atoms with Gasteiger partial charge in [0.15, 0.2) is 0 Å². The van der Waals surface area contributed by atoms with Gasteiger partial charge >= 0.3 is 0 Å². The zero-order chi connectivity index (χ0) is 13.1. The molecule has 0 aliphatic carbocycles. The van der Waals surface area contributed by atoms with Crippen LogP contribution in [0.5, 0.6) is 0 Å². The van der Waals surface area contributed by atoms with Crippen molar-refractivity contribution in [1.29, 1.82) is 0 Å². The van der Waals surface area contributed by atoms with E-state index < -0.39 is 0 Å². The van der Waals surface area contributed by atoms with Gasteiger partial charge in [0.05, 0.1) is 6.20 Å². The smallest absolute Gasteiger partial charge is 0.0522 e. The van der Waals surface area contributed by atoms with E-state index >= 15 is 0 Å². The highest BCUT2D eigenvalue weighted by Crippen LogP contribution is 2.18. The molecule has 0 spiro atoms. The van der Waals surface area contributed by atoms with Crippen LogP contribution in [0, 0.1) is 13.8 Å². The fraction of sp³-hybridized carbons (Fsp3) is 0.429. The number of aromatic nitrogens is 3. The van der Waals surface area contributed by atoms with Gasteiger partial charge in [-0.2, -0.15) is 5.10 Å². The molecule has 4 heteroatoms. The first kappa shape index (κ1) is 12.8. The Hall–Kier alpha value is -1.68. The number of aryl methyl sites for hydroxylation is 3. The van der Waals surface area contributed by atoms with Crippen molar-refractivity contribution in [1.82, 2.24) is 14.8 Å². The summed E-state index contributed by atoms with van der Waals surface area (Å²) in [5, 5.41) is 4.26. The number of hydrogen-bond acceptors (Lipinski definition) is 3. The molecule has 0 aromatic carbocycles. The molecule has 0 aliphatic heterocycles. The molecule has 1 atom stereocenters. The van der Waals surface area contributed by atoms with Crippen LogP contribution in [0.1, 0.15) is 35.5 Å². The summed E-state index contributed by atoms with van der Waals surface area (Å²) in [7, 11) is 0. The topological polar surface area (TPSA) is 56.7 Å². The molecule has 18 heavy (non-hydrogen) atoms. The maximum atomic E-state index is 6.25. The number of hydrogen-bond donors (Lipinski definition) is 1. The molecule has 1 unspecified atom stereocenters. The number of rotatable bonds is 4. The van der Waals surface area contributed by atoms with Crippen LogP contribution in [0.3, 0.4) is 0 Å². The highest BCUT2D eigenvalue weighted by atomic mass is 15.3. The second kappa shape index (κ2) is 5.31. The highest BCUT2D eigenvalue weighted by Gasteiger charge is 2.11. The van der Waals surface area contributed by atoms with Crippen LogP contribution in [-0.2, 0) is 13.0 Å².